The summed E-state index contributed by atoms with van der Waals surface area (Å²) >= 11 is 1.57. The minimum Gasteiger partial charge on any atom is -0.329 e. The third-order valence-electron chi connectivity index (χ3n) is 4.10. The van der Waals surface area contributed by atoms with Crippen molar-refractivity contribution in [3.8, 4) is 0 Å². The molecule has 23 heavy (non-hydrogen) atoms. The van der Waals surface area contributed by atoms with Gasteiger partial charge in [-0.25, -0.2) is 9.97 Å². The van der Waals surface area contributed by atoms with Gasteiger partial charge in [0.1, 0.15) is 5.82 Å². The highest BCUT2D eigenvalue weighted by Gasteiger charge is 2.32. The summed E-state index contributed by atoms with van der Waals surface area (Å²) in [6.07, 6.45) is 5.52. The minimum atomic E-state index is -3.37. The van der Waals surface area contributed by atoms with Crippen molar-refractivity contribution in [1.29, 1.82) is 0 Å². The van der Waals surface area contributed by atoms with Crippen LogP contribution in [0.5, 0.6) is 0 Å². The van der Waals surface area contributed by atoms with Crippen LogP contribution in [0.25, 0.3) is 0 Å². The van der Waals surface area contributed by atoms with Crippen LogP contribution in [0.15, 0.2) is 23.3 Å². The highest BCUT2D eigenvalue weighted by Crippen LogP contribution is 2.28. The van der Waals surface area contributed by atoms with E-state index in [0.29, 0.717) is 19.6 Å². The molecule has 0 aromatic carbocycles. The maximum absolute atomic E-state index is 12.4. The van der Waals surface area contributed by atoms with Gasteiger partial charge in [-0.1, -0.05) is 0 Å². The molecule has 3 rings (SSSR count). The first-order valence-electron chi connectivity index (χ1n) is 7.54. The fourth-order valence-electron chi connectivity index (χ4n) is 2.90. The van der Waals surface area contributed by atoms with Crippen molar-refractivity contribution >= 4 is 21.5 Å². The average Bonchev–Trinajstić information content (AvgIpc) is 3.19. The van der Waals surface area contributed by atoms with Crippen LogP contribution in [0.3, 0.4) is 0 Å². The standard InChI is InChI=1S/C14H21N5O2S2/c1-17(2)23(20,21)19-6-3-4-12(8-19)14-15-5-7-18(14)9-13-10-22-11-16-13/h5,7,10-12H,3-4,6,8-9H2,1-2H3/t12-/m1/s1. The van der Waals surface area contributed by atoms with Crippen LogP contribution in [0.1, 0.15) is 30.3 Å². The lowest BCUT2D eigenvalue weighted by molar-refractivity contribution is 0.290. The van der Waals surface area contributed by atoms with Gasteiger partial charge in [0.2, 0.25) is 0 Å². The molecule has 7 nitrogen and oxygen atoms in total. The fraction of sp³-hybridized carbons (Fsp3) is 0.571. The van der Waals surface area contributed by atoms with E-state index in [9.17, 15) is 8.42 Å². The van der Waals surface area contributed by atoms with E-state index in [2.05, 4.69) is 14.5 Å². The summed E-state index contributed by atoms with van der Waals surface area (Å²) in [5.74, 6) is 1.06. The van der Waals surface area contributed by atoms with E-state index in [-0.39, 0.29) is 5.92 Å². The number of hydrogen-bond acceptors (Lipinski definition) is 5. The molecule has 0 bridgehead atoms. The Morgan fingerprint density at radius 1 is 1.39 bits per heavy atom. The predicted molar refractivity (Wildman–Crippen MR) is 89.6 cm³/mol. The molecule has 1 fully saturated rings. The molecule has 0 saturated carbocycles. The molecular weight excluding hydrogens is 334 g/mol. The number of thiazole rings is 1. The number of piperidine rings is 1. The summed E-state index contributed by atoms with van der Waals surface area (Å²) in [7, 11) is -0.225. The Labute approximate surface area is 140 Å². The molecule has 0 unspecified atom stereocenters. The van der Waals surface area contributed by atoms with Crippen LogP contribution in [0, 0.1) is 0 Å². The van der Waals surface area contributed by atoms with E-state index < -0.39 is 10.2 Å². The molecular formula is C14H21N5O2S2. The zero-order chi connectivity index (χ0) is 16.4. The molecule has 0 aliphatic carbocycles. The number of hydrogen-bond donors (Lipinski definition) is 0. The second-order valence-corrected chi connectivity index (χ2v) is 8.74. The summed E-state index contributed by atoms with van der Waals surface area (Å²) in [6.45, 7) is 1.73. The molecule has 0 N–H and O–H groups in total. The molecule has 0 amide bonds. The van der Waals surface area contributed by atoms with Gasteiger partial charge >= 0.3 is 0 Å². The minimum absolute atomic E-state index is 0.118. The van der Waals surface area contributed by atoms with Gasteiger partial charge in [-0.15, -0.1) is 11.3 Å². The first kappa shape index (κ1) is 16.6. The smallest absolute Gasteiger partial charge is 0.281 e. The SMILES string of the molecule is CN(C)S(=O)(=O)N1CCC[C@@H](c2nccn2Cc2cscn2)C1. The van der Waals surface area contributed by atoms with Crippen molar-refractivity contribution in [3.63, 3.8) is 0 Å². The second-order valence-electron chi connectivity index (χ2n) is 5.88. The summed E-state index contributed by atoms with van der Waals surface area (Å²) in [6, 6.07) is 0. The van der Waals surface area contributed by atoms with Crippen molar-refractivity contribution in [2.24, 2.45) is 0 Å². The molecule has 1 atom stereocenters. The van der Waals surface area contributed by atoms with Crippen molar-refractivity contribution in [3.05, 3.63) is 34.8 Å². The van der Waals surface area contributed by atoms with Gasteiger partial charge in [0.15, 0.2) is 0 Å². The highest BCUT2D eigenvalue weighted by atomic mass is 32.2. The molecule has 1 aliphatic rings. The normalized spacial score (nSPS) is 20.2. The summed E-state index contributed by atoms with van der Waals surface area (Å²) < 4.78 is 29.6. The van der Waals surface area contributed by atoms with Crippen LogP contribution >= 0.6 is 11.3 Å². The number of aromatic nitrogens is 3. The fourth-order valence-corrected chi connectivity index (χ4v) is 4.64. The molecule has 0 radical (unpaired) electrons. The molecule has 3 heterocycles. The molecule has 2 aromatic heterocycles. The van der Waals surface area contributed by atoms with E-state index in [1.54, 1.807) is 35.9 Å². The van der Waals surface area contributed by atoms with Crippen molar-refractivity contribution in [2.75, 3.05) is 27.2 Å². The predicted octanol–water partition coefficient (Wildman–Crippen LogP) is 1.37. The molecule has 2 aromatic rings. The topological polar surface area (TPSA) is 71.3 Å². The Morgan fingerprint density at radius 2 is 2.22 bits per heavy atom. The van der Waals surface area contributed by atoms with Crippen LogP contribution in [0.2, 0.25) is 0 Å². The average molecular weight is 355 g/mol. The third-order valence-corrected chi connectivity index (χ3v) is 6.64. The molecule has 9 heteroatoms. The maximum Gasteiger partial charge on any atom is 0.281 e. The van der Waals surface area contributed by atoms with Gasteiger partial charge in [-0.2, -0.15) is 17.0 Å². The monoisotopic (exact) mass is 355 g/mol. The zero-order valence-electron chi connectivity index (χ0n) is 13.3. The van der Waals surface area contributed by atoms with E-state index >= 15 is 0 Å². The van der Waals surface area contributed by atoms with Gasteiger partial charge in [0.05, 0.1) is 17.7 Å². The number of imidazole rings is 1. The van der Waals surface area contributed by atoms with Gasteiger partial charge < -0.3 is 4.57 Å². The lowest BCUT2D eigenvalue weighted by atomic mass is 9.99. The highest BCUT2D eigenvalue weighted by molar-refractivity contribution is 7.86. The largest absolute Gasteiger partial charge is 0.329 e. The van der Waals surface area contributed by atoms with Crippen LogP contribution in [-0.4, -0.2) is 58.7 Å². The zero-order valence-corrected chi connectivity index (χ0v) is 14.9. The van der Waals surface area contributed by atoms with Gasteiger partial charge in [-0.05, 0) is 12.8 Å². The Kier molecular flexibility index (Phi) is 4.81. The Balaban J connectivity index is 1.78. The Hall–Kier alpha value is -1.29. The molecule has 0 spiro atoms. The van der Waals surface area contributed by atoms with E-state index in [1.165, 1.54) is 4.31 Å². The molecule has 126 valence electrons. The van der Waals surface area contributed by atoms with Gasteiger partial charge in [-0.3, -0.25) is 0 Å². The summed E-state index contributed by atoms with van der Waals surface area (Å²) in [5, 5.41) is 2.02. The molecule has 1 aliphatic heterocycles. The van der Waals surface area contributed by atoms with Crippen molar-refractivity contribution in [2.45, 2.75) is 25.3 Å². The van der Waals surface area contributed by atoms with E-state index in [4.69, 9.17) is 0 Å². The molecule has 1 saturated heterocycles. The lowest BCUT2D eigenvalue weighted by Gasteiger charge is -2.33. The first-order chi connectivity index (χ1) is 11.0. The summed E-state index contributed by atoms with van der Waals surface area (Å²) in [5.41, 5.74) is 2.82. The van der Waals surface area contributed by atoms with E-state index in [0.717, 1.165) is 24.4 Å². The second kappa shape index (κ2) is 6.68. The third kappa shape index (κ3) is 3.47. The quantitative estimate of drug-likeness (QED) is 0.812. The van der Waals surface area contributed by atoms with E-state index in [1.807, 2.05) is 17.1 Å². The van der Waals surface area contributed by atoms with Crippen LogP contribution in [0.4, 0.5) is 0 Å². The van der Waals surface area contributed by atoms with Crippen LogP contribution in [-0.2, 0) is 16.8 Å². The summed E-state index contributed by atoms with van der Waals surface area (Å²) in [4.78, 5) is 8.80. The van der Waals surface area contributed by atoms with Gasteiger partial charge in [0.25, 0.3) is 10.2 Å². The lowest BCUT2D eigenvalue weighted by Crippen LogP contribution is -2.45. The Morgan fingerprint density at radius 3 is 2.91 bits per heavy atom. The van der Waals surface area contributed by atoms with Gasteiger partial charge in [0, 0.05) is 50.9 Å². The number of nitrogens with zero attached hydrogens (tertiary/aromatic N) is 5. The maximum atomic E-state index is 12.4. The first-order valence-corrected chi connectivity index (χ1v) is 9.88. The Bertz CT molecular complexity index is 739. The van der Waals surface area contributed by atoms with Crippen molar-refractivity contribution in [1.82, 2.24) is 23.1 Å². The van der Waals surface area contributed by atoms with Crippen molar-refractivity contribution < 1.29 is 8.42 Å². The van der Waals surface area contributed by atoms with Crippen LogP contribution < -0.4 is 0 Å². The number of rotatable bonds is 5.